The number of carbonyl (C=O) groups is 1. The van der Waals surface area contributed by atoms with Crippen molar-refractivity contribution in [3.05, 3.63) is 24.3 Å². The summed E-state index contributed by atoms with van der Waals surface area (Å²) in [5.74, 6) is 1.22. The van der Waals surface area contributed by atoms with Crippen LogP contribution in [0.15, 0.2) is 24.3 Å². The molecular weight excluding hydrogens is 230 g/mol. The highest BCUT2D eigenvalue weighted by Crippen LogP contribution is 2.33. The van der Waals surface area contributed by atoms with Crippen LogP contribution >= 0.6 is 0 Å². The van der Waals surface area contributed by atoms with Crippen LogP contribution in [-0.2, 0) is 4.79 Å². The lowest BCUT2D eigenvalue weighted by molar-refractivity contribution is -0.133. The number of hydrogen-bond donors (Lipinski definition) is 1. The number of nitrogens with one attached hydrogen (secondary N) is 1. The van der Waals surface area contributed by atoms with Crippen molar-refractivity contribution in [3.8, 4) is 11.5 Å². The van der Waals surface area contributed by atoms with Crippen LogP contribution in [0.3, 0.4) is 0 Å². The van der Waals surface area contributed by atoms with Crippen LogP contribution in [0.25, 0.3) is 0 Å². The molecule has 1 aromatic rings. The first-order chi connectivity index (χ1) is 8.72. The summed E-state index contributed by atoms with van der Waals surface area (Å²) < 4.78 is 11.4. The largest absolute Gasteiger partial charge is 0.482 e. The van der Waals surface area contributed by atoms with Gasteiger partial charge in [-0.25, -0.2) is 0 Å². The maximum Gasteiger partial charge on any atom is 0.265 e. The molecule has 0 saturated heterocycles. The maximum absolute atomic E-state index is 12.0. The minimum atomic E-state index is -0.572. The highest BCUT2D eigenvalue weighted by Gasteiger charge is 2.33. The van der Waals surface area contributed by atoms with Crippen LogP contribution in [0.4, 0.5) is 0 Å². The molecule has 1 aliphatic rings. The summed E-state index contributed by atoms with van der Waals surface area (Å²) in [6.45, 7) is 4.62. The van der Waals surface area contributed by atoms with Crippen molar-refractivity contribution >= 4 is 5.91 Å². The first-order valence-corrected chi connectivity index (χ1v) is 6.42. The van der Waals surface area contributed by atoms with E-state index in [0.29, 0.717) is 18.0 Å². The topological polar surface area (TPSA) is 47.6 Å². The standard InChI is InChI=1S/C14H19NO3/c1-3-4-9-15-14(16)13-10(2)17-11-7-5-6-8-12(11)18-13/h5-8,10,13H,3-4,9H2,1-2H3,(H,15,16). The molecule has 98 valence electrons. The Morgan fingerprint density at radius 1 is 1.28 bits per heavy atom. The molecule has 1 amide bonds. The van der Waals surface area contributed by atoms with Crippen molar-refractivity contribution < 1.29 is 14.3 Å². The molecule has 1 N–H and O–H groups in total. The Kier molecular flexibility index (Phi) is 4.07. The van der Waals surface area contributed by atoms with E-state index in [4.69, 9.17) is 9.47 Å². The van der Waals surface area contributed by atoms with Gasteiger partial charge >= 0.3 is 0 Å². The van der Waals surface area contributed by atoms with E-state index in [1.807, 2.05) is 31.2 Å². The van der Waals surface area contributed by atoms with Crippen molar-refractivity contribution in [2.45, 2.75) is 38.9 Å². The number of benzene rings is 1. The van der Waals surface area contributed by atoms with Crippen LogP contribution in [0.1, 0.15) is 26.7 Å². The molecular formula is C14H19NO3. The molecule has 1 aromatic carbocycles. The summed E-state index contributed by atoms with van der Waals surface area (Å²) >= 11 is 0. The molecule has 1 heterocycles. The fourth-order valence-electron chi connectivity index (χ4n) is 1.90. The van der Waals surface area contributed by atoms with Gasteiger partial charge in [-0.15, -0.1) is 0 Å². The van der Waals surface area contributed by atoms with E-state index in [1.165, 1.54) is 0 Å². The van der Waals surface area contributed by atoms with Crippen molar-refractivity contribution in [3.63, 3.8) is 0 Å². The second-order valence-electron chi connectivity index (χ2n) is 4.45. The first-order valence-electron chi connectivity index (χ1n) is 6.42. The predicted octanol–water partition coefficient (Wildman–Crippen LogP) is 2.13. The van der Waals surface area contributed by atoms with Crippen molar-refractivity contribution in [2.24, 2.45) is 0 Å². The number of rotatable bonds is 4. The van der Waals surface area contributed by atoms with Gasteiger partial charge in [-0.1, -0.05) is 25.5 Å². The summed E-state index contributed by atoms with van der Waals surface area (Å²) in [5, 5.41) is 2.87. The lowest BCUT2D eigenvalue weighted by Crippen LogP contribution is -2.49. The van der Waals surface area contributed by atoms with E-state index in [9.17, 15) is 4.79 Å². The predicted molar refractivity (Wildman–Crippen MR) is 68.9 cm³/mol. The van der Waals surface area contributed by atoms with Crippen LogP contribution in [0.2, 0.25) is 0 Å². The third kappa shape index (κ3) is 2.75. The average molecular weight is 249 g/mol. The Morgan fingerprint density at radius 2 is 1.94 bits per heavy atom. The number of fused-ring (bicyclic) bond motifs is 1. The molecule has 2 atom stereocenters. The second-order valence-corrected chi connectivity index (χ2v) is 4.45. The molecule has 4 heteroatoms. The van der Waals surface area contributed by atoms with Crippen molar-refractivity contribution in [1.82, 2.24) is 5.32 Å². The maximum atomic E-state index is 12.0. The molecule has 0 fully saturated rings. The average Bonchev–Trinajstić information content (AvgIpc) is 2.38. The molecule has 0 spiro atoms. The minimum Gasteiger partial charge on any atom is -0.482 e. The SMILES string of the molecule is CCCCNC(=O)C1Oc2ccccc2OC1C. The molecule has 0 radical (unpaired) electrons. The number of amides is 1. The number of hydrogen-bond acceptors (Lipinski definition) is 3. The van der Waals surface area contributed by atoms with Gasteiger partial charge in [-0.05, 0) is 25.5 Å². The normalized spacial score (nSPS) is 21.4. The van der Waals surface area contributed by atoms with Gasteiger partial charge in [-0.2, -0.15) is 0 Å². The highest BCUT2D eigenvalue weighted by atomic mass is 16.6. The van der Waals surface area contributed by atoms with E-state index in [2.05, 4.69) is 12.2 Å². The van der Waals surface area contributed by atoms with Gasteiger partial charge in [0.05, 0.1) is 0 Å². The number of ether oxygens (including phenoxy) is 2. The zero-order valence-corrected chi connectivity index (χ0v) is 10.8. The lowest BCUT2D eigenvalue weighted by atomic mass is 10.1. The van der Waals surface area contributed by atoms with Crippen LogP contribution < -0.4 is 14.8 Å². The Morgan fingerprint density at radius 3 is 2.61 bits per heavy atom. The zero-order chi connectivity index (χ0) is 13.0. The Balaban J connectivity index is 2.00. The van der Waals surface area contributed by atoms with Gasteiger partial charge in [0.1, 0.15) is 6.10 Å². The monoisotopic (exact) mass is 249 g/mol. The zero-order valence-electron chi connectivity index (χ0n) is 10.8. The smallest absolute Gasteiger partial charge is 0.265 e. The van der Waals surface area contributed by atoms with Crippen LogP contribution in [0, 0.1) is 0 Å². The molecule has 0 bridgehead atoms. The van der Waals surface area contributed by atoms with Gasteiger partial charge in [0.15, 0.2) is 11.5 Å². The molecule has 1 aliphatic heterocycles. The van der Waals surface area contributed by atoms with E-state index in [0.717, 1.165) is 12.8 Å². The van der Waals surface area contributed by atoms with Gasteiger partial charge < -0.3 is 14.8 Å². The van der Waals surface area contributed by atoms with Crippen molar-refractivity contribution in [2.75, 3.05) is 6.54 Å². The van der Waals surface area contributed by atoms with Crippen molar-refractivity contribution in [1.29, 1.82) is 0 Å². The molecule has 0 aliphatic carbocycles. The van der Waals surface area contributed by atoms with Gasteiger partial charge in [-0.3, -0.25) is 4.79 Å². The third-order valence-corrected chi connectivity index (χ3v) is 2.93. The minimum absolute atomic E-state index is 0.106. The molecule has 0 saturated carbocycles. The Bertz CT molecular complexity index is 419. The van der Waals surface area contributed by atoms with E-state index < -0.39 is 6.10 Å². The molecule has 0 aromatic heterocycles. The quantitative estimate of drug-likeness (QED) is 0.832. The Labute approximate surface area is 107 Å². The number of unbranched alkanes of at least 4 members (excludes halogenated alkanes) is 1. The fourth-order valence-corrected chi connectivity index (χ4v) is 1.90. The third-order valence-electron chi connectivity index (χ3n) is 2.93. The summed E-state index contributed by atoms with van der Waals surface area (Å²) in [6.07, 6.45) is 1.18. The second kappa shape index (κ2) is 5.76. The molecule has 4 nitrogen and oxygen atoms in total. The van der Waals surface area contributed by atoms with Crippen LogP contribution in [0.5, 0.6) is 11.5 Å². The van der Waals surface area contributed by atoms with E-state index in [1.54, 1.807) is 0 Å². The van der Waals surface area contributed by atoms with Gasteiger partial charge in [0, 0.05) is 6.54 Å². The number of carbonyl (C=O) groups excluding carboxylic acids is 1. The highest BCUT2D eigenvalue weighted by molar-refractivity contribution is 5.82. The van der Waals surface area contributed by atoms with Gasteiger partial charge in [0.25, 0.3) is 5.91 Å². The summed E-state index contributed by atoms with van der Waals surface area (Å²) in [6, 6.07) is 7.41. The summed E-state index contributed by atoms with van der Waals surface area (Å²) in [4.78, 5) is 12.0. The van der Waals surface area contributed by atoms with Gasteiger partial charge in [0.2, 0.25) is 6.10 Å². The summed E-state index contributed by atoms with van der Waals surface area (Å²) in [7, 11) is 0. The first kappa shape index (κ1) is 12.7. The molecule has 2 rings (SSSR count). The molecule has 18 heavy (non-hydrogen) atoms. The Hall–Kier alpha value is -1.71. The van der Waals surface area contributed by atoms with E-state index >= 15 is 0 Å². The molecule has 2 unspecified atom stereocenters. The van der Waals surface area contributed by atoms with E-state index in [-0.39, 0.29) is 12.0 Å². The van der Waals surface area contributed by atoms with Crippen LogP contribution in [-0.4, -0.2) is 24.7 Å². The summed E-state index contributed by atoms with van der Waals surface area (Å²) in [5.41, 5.74) is 0. The number of para-hydroxylation sites is 2. The lowest BCUT2D eigenvalue weighted by Gasteiger charge is -2.31. The fraction of sp³-hybridized carbons (Fsp3) is 0.500.